The van der Waals surface area contributed by atoms with Crippen molar-refractivity contribution in [2.45, 2.75) is 38.1 Å². The van der Waals surface area contributed by atoms with E-state index in [0.29, 0.717) is 6.42 Å². The van der Waals surface area contributed by atoms with E-state index in [2.05, 4.69) is 26.0 Å². The van der Waals surface area contributed by atoms with Gasteiger partial charge in [-0.2, -0.15) is 0 Å². The van der Waals surface area contributed by atoms with E-state index in [4.69, 9.17) is 4.74 Å². The number of aliphatic hydroxyl groups is 1. The summed E-state index contributed by atoms with van der Waals surface area (Å²) in [5.74, 6) is 0. The Morgan fingerprint density at radius 3 is 2.44 bits per heavy atom. The van der Waals surface area contributed by atoms with Crippen molar-refractivity contribution in [2.24, 2.45) is 0 Å². The van der Waals surface area contributed by atoms with Crippen LogP contribution in [0.1, 0.15) is 25.8 Å². The average molecular weight is 218 g/mol. The lowest BCUT2D eigenvalue weighted by Crippen LogP contribution is -2.27. The molecule has 2 heteroatoms. The molecule has 1 N–H and O–H groups in total. The molecule has 86 valence electrons. The van der Waals surface area contributed by atoms with Crippen LogP contribution in [0.25, 0.3) is 0 Å². The van der Waals surface area contributed by atoms with Crippen LogP contribution in [-0.4, -0.2) is 17.3 Å². The van der Waals surface area contributed by atoms with Crippen LogP contribution in [0.2, 0.25) is 0 Å². The SMILES string of the molecule is CC(C)(O[C@@H]1C=C[C@H](O)C1)c1ccccc1. The van der Waals surface area contributed by atoms with Crippen molar-refractivity contribution in [3.63, 3.8) is 0 Å². The molecule has 1 aromatic carbocycles. The predicted molar refractivity (Wildman–Crippen MR) is 64.1 cm³/mol. The summed E-state index contributed by atoms with van der Waals surface area (Å²) in [5, 5.41) is 9.40. The Morgan fingerprint density at radius 2 is 1.88 bits per heavy atom. The fourth-order valence-electron chi connectivity index (χ4n) is 2.02. The molecular weight excluding hydrogens is 200 g/mol. The Kier molecular flexibility index (Phi) is 3.13. The van der Waals surface area contributed by atoms with Gasteiger partial charge in [0.05, 0.1) is 17.8 Å². The van der Waals surface area contributed by atoms with E-state index in [1.54, 1.807) is 6.08 Å². The van der Waals surface area contributed by atoms with E-state index in [9.17, 15) is 5.11 Å². The van der Waals surface area contributed by atoms with Crippen LogP contribution in [0.15, 0.2) is 42.5 Å². The first-order valence-electron chi connectivity index (χ1n) is 5.68. The molecule has 16 heavy (non-hydrogen) atoms. The molecular formula is C14H18O2. The van der Waals surface area contributed by atoms with Crippen molar-refractivity contribution in [2.75, 3.05) is 0 Å². The minimum Gasteiger partial charge on any atom is -0.389 e. The summed E-state index contributed by atoms with van der Waals surface area (Å²) >= 11 is 0. The van der Waals surface area contributed by atoms with Gasteiger partial charge in [-0.3, -0.25) is 0 Å². The zero-order valence-electron chi connectivity index (χ0n) is 9.76. The molecule has 0 saturated heterocycles. The Hall–Kier alpha value is -1.12. The number of hydrogen-bond acceptors (Lipinski definition) is 2. The Labute approximate surface area is 96.6 Å². The number of benzene rings is 1. The number of rotatable bonds is 3. The van der Waals surface area contributed by atoms with Crippen molar-refractivity contribution < 1.29 is 9.84 Å². The fraction of sp³-hybridized carbons (Fsp3) is 0.429. The van der Waals surface area contributed by atoms with Gasteiger partial charge in [-0.05, 0) is 19.4 Å². The van der Waals surface area contributed by atoms with E-state index in [-0.39, 0.29) is 17.8 Å². The molecule has 0 amide bonds. The summed E-state index contributed by atoms with van der Waals surface area (Å²) in [6, 6.07) is 10.2. The van der Waals surface area contributed by atoms with E-state index in [1.165, 1.54) is 0 Å². The molecule has 0 saturated carbocycles. The van der Waals surface area contributed by atoms with Gasteiger partial charge in [0, 0.05) is 6.42 Å². The van der Waals surface area contributed by atoms with Crippen LogP contribution in [0.3, 0.4) is 0 Å². The molecule has 1 aliphatic rings. The molecule has 0 aliphatic heterocycles. The van der Waals surface area contributed by atoms with Crippen molar-refractivity contribution in [1.82, 2.24) is 0 Å². The molecule has 0 radical (unpaired) electrons. The molecule has 0 aromatic heterocycles. The number of aliphatic hydroxyl groups excluding tert-OH is 1. The average Bonchev–Trinajstić information content (AvgIpc) is 2.64. The van der Waals surface area contributed by atoms with Gasteiger partial charge >= 0.3 is 0 Å². The second kappa shape index (κ2) is 4.40. The first-order chi connectivity index (χ1) is 7.58. The topological polar surface area (TPSA) is 29.5 Å². The molecule has 1 aliphatic carbocycles. The number of hydrogen-bond donors (Lipinski definition) is 1. The minimum absolute atomic E-state index is 0.0187. The molecule has 0 spiro atoms. The van der Waals surface area contributed by atoms with Gasteiger partial charge in [0.15, 0.2) is 0 Å². The zero-order valence-corrected chi connectivity index (χ0v) is 9.76. The van der Waals surface area contributed by atoms with Crippen molar-refractivity contribution in [3.8, 4) is 0 Å². The third-order valence-electron chi connectivity index (χ3n) is 2.94. The third-order valence-corrected chi connectivity index (χ3v) is 2.94. The summed E-state index contributed by atoms with van der Waals surface area (Å²) in [7, 11) is 0. The summed E-state index contributed by atoms with van der Waals surface area (Å²) in [6.45, 7) is 4.11. The van der Waals surface area contributed by atoms with E-state index in [1.807, 2.05) is 24.3 Å². The van der Waals surface area contributed by atoms with Crippen molar-refractivity contribution in [3.05, 3.63) is 48.0 Å². The smallest absolute Gasteiger partial charge is 0.0883 e. The monoisotopic (exact) mass is 218 g/mol. The summed E-state index contributed by atoms with van der Waals surface area (Å²) in [4.78, 5) is 0. The zero-order chi connectivity index (χ0) is 11.6. The maximum Gasteiger partial charge on any atom is 0.0883 e. The standard InChI is InChI=1S/C14H18O2/c1-14(2,11-6-4-3-5-7-11)16-13-9-8-12(15)10-13/h3-9,12-13,15H,10H2,1-2H3/t12-,13+/m0/s1. The van der Waals surface area contributed by atoms with Crippen LogP contribution >= 0.6 is 0 Å². The van der Waals surface area contributed by atoms with E-state index < -0.39 is 0 Å². The lowest BCUT2D eigenvalue weighted by Gasteiger charge is -2.29. The van der Waals surface area contributed by atoms with Gasteiger partial charge in [0.1, 0.15) is 0 Å². The molecule has 2 nitrogen and oxygen atoms in total. The minimum atomic E-state index is -0.350. The van der Waals surface area contributed by atoms with Crippen molar-refractivity contribution >= 4 is 0 Å². The molecule has 2 rings (SSSR count). The fourth-order valence-corrected chi connectivity index (χ4v) is 2.02. The van der Waals surface area contributed by atoms with Crippen molar-refractivity contribution in [1.29, 1.82) is 0 Å². The normalized spacial score (nSPS) is 24.9. The largest absolute Gasteiger partial charge is 0.389 e. The predicted octanol–water partition coefficient (Wildman–Crippen LogP) is 2.63. The Bertz CT molecular complexity index is 368. The molecule has 1 aromatic rings. The van der Waals surface area contributed by atoms with Crippen LogP contribution in [0, 0.1) is 0 Å². The highest BCUT2D eigenvalue weighted by Crippen LogP contribution is 2.29. The van der Waals surface area contributed by atoms with E-state index >= 15 is 0 Å². The van der Waals surface area contributed by atoms with Gasteiger partial charge in [-0.1, -0.05) is 42.5 Å². The molecule has 0 unspecified atom stereocenters. The first-order valence-corrected chi connectivity index (χ1v) is 5.68. The summed E-state index contributed by atoms with van der Waals surface area (Å²) < 4.78 is 6.01. The van der Waals surface area contributed by atoms with Gasteiger partial charge in [0.25, 0.3) is 0 Å². The first kappa shape index (κ1) is 11.4. The van der Waals surface area contributed by atoms with Gasteiger partial charge in [0.2, 0.25) is 0 Å². The van der Waals surface area contributed by atoms with Crippen LogP contribution in [0.4, 0.5) is 0 Å². The molecule has 0 heterocycles. The maximum absolute atomic E-state index is 9.40. The highest BCUT2D eigenvalue weighted by molar-refractivity contribution is 5.21. The lowest BCUT2D eigenvalue weighted by molar-refractivity contribution is -0.0616. The lowest BCUT2D eigenvalue weighted by atomic mass is 9.98. The molecule has 0 fully saturated rings. The van der Waals surface area contributed by atoms with Crippen LogP contribution in [0.5, 0.6) is 0 Å². The van der Waals surface area contributed by atoms with E-state index in [0.717, 1.165) is 5.56 Å². The Morgan fingerprint density at radius 1 is 1.19 bits per heavy atom. The van der Waals surface area contributed by atoms with Gasteiger partial charge in [-0.25, -0.2) is 0 Å². The van der Waals surface area contributed by atoms with Gasteiger partial charge < -0.3 is 9.84 Å². The highest BCUT2D eigenvalue weighted by atomic mass is 16.5. The second-order valence-electron chi connectivity index (χ2n) is 4.72. The van der Waals surface area contributed by atoms with Crippen LogP contribution in [-0.2, 0) is 10.3 Å². The quantitative estimate of drug-likeness (QED) is 0.790. The maximum atomic E-state index is 9.40. The molecule has 2 atom stereocenters. The van der Waals surface area contributed by atoms with Crippen LogP contribution < -0.4 is 0 Å². The number of ether oxygens (including phenoxy) is 1. The summed E-state index contributed by atoms with van der Waals surface area (Å²) in [6.07, 6.45) is 4.07. The van der Waals surface area contributed by atoms with Gasteiger partial charge in [-0.15, -0.1) is 0 Å². The summed E-state index contributed by atoms with van der Waals surface area (Å²) in [5.41, 5.74) is 0.838. The highest BCUT2D eigenvalue weighted by Gasteiger charge is 2.27. The molecule has 0 bridgehead atoms. The third kappa shape index (κ3) is 2.52. The Balaban J connectivity index is 2.06. The second-order valence-corrected chi connectivity index (χ2v) is 4.72.